The van der Waals surface area contributed by atoms with Crippen LogP contribution in [-0.2, 0) is 4.79 Å². The number of amides is 1. The maximum absolute atomic E-state index is 12.2. The van der Waals surface area contributed by atoms with Gasteiger partial charge in [0.05, 0.1) is 17.9 Å². The van der Waals surface area contributed by atoms with Crippen molar-refractivity contribution in [2.24, 2.45) is 0 Å². The number of anilines is 1. The minimum atomic E-state index is -0.994. The zero-order valence-corrected chi connectivity index (χ0v) is 13.6. The number of ether oxygens (including phenoxy) is 1. The van der Waals surface area contributed by atoms with Crippen molar-refractivity contribution in [3.05, 3.63) is 54.1 Å². The van der Waals surface area contributed by atoms with Gasteiger partial charge in [0.1, 0.15) is 5.75 Å². The molecule has 2 rings (SSSR count). The molecule has 0 aliphatic carbocycles. The highest BCUT2D eigenvalue weighted by atomic mass is 32.2. The zero-order valence-electron chi connectivity index (χ0n) is 12.8. The van der Waals surface area contributed by atoms with Gasteiger partial charge in [-0.3, -0.25) is 4.79 Å². The van der Waals surface area contributed by atoms with Crippen LogP contribution in [-0.4, -0.2) is 29.3 Å². The van der Waals surface area contributed by atoms with E-state index < -0.39 is 5.97 Å². The molecule has 0 bridgehead atoms. The molecule has 2 aromatic rings. The molecule has 0 saturated heterocycles. The molecule has 0 fully saturated rings. The molecule has 0 aliphatic heterocycles. The summed E-state index contributed by atoms with van der Waals surface area (Å²) in [5.41, 5.74) is 0.755. The Labute approximate surface area is 138 Å². The lowest BCUT2D eigenvalue weighted by Gasteiger charge is -2.12. The fraction of sp³-hybridized carbons (Fsp3) is 0.176. The van der Waals surface area contributed by atoms with Gasteiger partial charge < -0.3 is 15.2 Å². The maximum Gasteiger partial charge on any atom is 0.335 e. The third-order valence-electron chi connectivity index (χ3n) is 3.14. The lowest BCUT2D eigenvalue weighted by molar-refractivity contribution is -0.115. The maximum atomic E-state index is 12.2. The van der Waals surface area contributed by atoms with Crippen LogP contribution in [0.3, 0.4) is 0 Å². The third kappa shape index (κ3) is 4.75. The van der Waals surface area contributed by atoms with Crippen LogP contribution in [0.15, 0.2) is 53.4 Å². The molecule has 1 amide bonds. The van der Waals surface area contributed by atoms with Gasteiger partial charge in [-0.15, -0.1) is 11.8 Å². The number of benzene rings is 2. The Bertz CT molecular complexity index is 683. The number of hydrogen-bond donors (Lipinski definition) is 2. The van der Waals surface area contributed by atoms with Crippen LogP contribution in [0.2, 0.25) is 0 Å². The summed E-state index contributed by atoms with van der Waals surface area (Å²) in [6, 6.07) is 13.6. The summed E-state index contributed by atoms with van der Waals surface area (Å²) in [5, 5.41) is 11.3. The molecule has 6 heteroatoms. The van der Waals surface area contributed by atoms with Gasteiger partial charge in [-0.25, -0.2) is 4.79 Å². The highest BCUT2D eigenvalue weighted by Gasteiger charge is 2.15. The average molecular weight is 331 g/mol. The zero-order chi connectivity index (χ0) is 16.8. The van der Waals surface area contributed by atoms with Crippen LogP contribution in [0, 0.1) is 0 Å². The quantitative estimate of drug-likeness (QED) is 0.792. The molecule has 0 heterocycles. The third-order valence-corrected chi connectivity index (χ3v) is 4.25. The van der Waals surface area contributed by atoms with Crippen molar-refractivity contribution < 1.29 is 19.4 Å². The first-order valence-electron chi connectivity index (χ1n) is 6.94. The monoisotopic (exact) mass is 331 g/mol. The molecule has 2 N–H and O–H groups in total. The van der Waals surface area contributed by atoms with Crippen LogP contribution in [0.4, 0.5) is 5.69 Å². The highest BCUT2D eigenvalue weighted by molar-refractivity contribution is 8.00. The van der Waals surface area contributed by atoms with Gasteiger partial charge in [0.15, 0.2) is 0 Å². The van der Waals surface area contributed by atoms with Gasteiger partial charge in [0.2, 0.25) is 5.91 Å². The number of aromatic carboxylic acids is 1. The molecular formula is C17H17NO4S. The van der Waals surface area contributed by atoms with Crippen molar-refractivity contribution in [3.63, 3.8) is 0 Å². The summed E-state index contributed by atoms with van der Waals surface area (Å²) in [5.74, 6) is -0.370. The van der Waals surface area contributed by atoms with E-state index in [2.05, 4.69) is 5.32 Å². The molecule has 1 atom stereocenters. The van der Waals surface area contributed by atoms with Gasteiger partial charge in [-0.05, 0) is 55.5 Å². The van der Waals surface area contributed by atoms with Crippen LogP contribution >= 0.6 is 11.8 Å². The lowest BCUT2D eigenvalue weighted by atomic mass is 10.2. The minimum absolute atomic E-state index is 0.145. The Morgan fingerprint density at radius 3 is 2.22 bits per heavy atom. The number of thioether (sulfide) groups is 1. The number of nitrogens with one attached hydrogen (secondary N) is 1. The Morgan fingerprint density at radius 2 is 1.70 bits per heavy atom. The number of carbonyl (C=O) groups excluding carboxylic acids is 1. The Hall–Kier alpha value is -2.47. The second-order valence-electron chi connectivity index (χ2n) is 4.81. The average Bonchev–Trinajstić information content (AvgIpc) is 2.56. The molecule has 1 unspecified atom stereocenters. The molecule has 0 saturated carbocycles. The molecule has 2 aromatic carbocycles. The van der Waals surface area contributed by atoms with Gasteiger partial charge in [0.25, 0.3) is 0 Å². The van der Waals surface area contributed by atoms with E-state index in [0.717, 1.165) is 10.6 Å². The Morgan fingerprint density at radius 1 is 1.09 bits per heavy atom. The SMILES string of the molecule is COc1ccc(SC(C)C(=O)Nc2ccc(C(=O)O)cc2)cc1. The van der Waals surface area contributed by atoms with E-state index in [4.69, 9.17) is 9.84 Å². The number of carbonyl (C=O) groups is 2. The predicted octanol–water partition coefficient (Wildman–Crippen LogP) is 3.51. The summed E-state index contributed by atoms with van der Waals surface area (Å²) in [7, 11) is 1.61. The lowest BCUT2D eigenvalue weighted by Crippen LogP contribution is -2.22. The smallest absolute Gasteiger partial charge is 0.335 e. The molecule has 120 valence electrons. The number of methoxy groups -OCH3 is 1. The first-order valence-corrected chi connectivity index (χ1v) is 7.82. The molecular weight excluding hydrogens is 314 g/mol. The molecule has 0 aliphatic rings. The summed E-state index contributed by atoms with van der Waals surface area (Å²) in [6.07, 6.45) is 0. The van der Waals surface area contributed by atoms with Crippen molar-refractivity contribution in [1.82, 2.24) is 0 Å². The van der Waals surface area contributed by atoms with Gasteiger partial charge >= 0.3 is 5.97 Å². The fourth-order valence-electron chi connectivity index (χ4n) is 1.85. The number of hydrogen-bond acceptors (Lipinski definition) is 4. The van der Waals surface area contributed by atoms with Gasteiger partial charge in [-0.2, -0.15) is 0 Å². The second-order valence-corrected chi connectivity index (χ2v) is 6.22. The van der Waals surface area contributed by atoms with E-state index >= 15 is 0 Å². The normalized spacial score (nSPS) is 11.6. The second kappa shape index (κ2) is 7.69. The van der Waals surface area contributed by atoms with Crippen molar-refractivity contribution in [2.75, 3.05) is 12.4 Å². The Kier molecular flexibility index (Phi) is 5.65. The number of rotatable bonds is 6. The van der Waals surface area contributed by atoms with E-state index in [-0.39, 0.29) is 16.7 Å². The van der Waals surface area contributed by atoms with Gasteiger partial charge in [-0.1, -0.05) is 0 Å². The van der Waals surface area contributed by atoms with Crippen LogP contribution in [0.5, 0.6) is 5.75 Å². The van der Waals surface area contributed by atoms with Crippen molar-refractivity contribution >= 4 is 29.3 Å². The van der Waals surface area contributed by atoms with E-state index in [1.54, 1.807) is 19.2 Å². The number of carboxylic acids is 1. The summed E-state index contributed by atoms with van der Waals surface area (Å²) in [6.45, 7) is 1.82. The Balaban J connectivity index is 1.94. The number of carboxylic acid groups (broad SMARTS) is 1. The topological polar surface area (TPSA) is 75.6 Å². The van der Waals surface area contributed by atoms with E-state index in [1.165, 1.54) is 23.9 Å². The van der Waals surface area contributed by atoms with Crippen LogP contribution in [0.25, 0.3) is 0 Å². The summed E-state index contributed by atoms with van der Waals surface area (Å²) < 4.78 is 5.10. The van der Waals surface area contributed by atoms with E-state index in [1.807, 2.05) is 31.2 Å². The van der Waals surface area contributed by atoms with Crippen LogP contribution in [0.1, 0.15) is 17.3 Å². The van der Waals surface area contributed by atoms with Crippen LogP contribution < -0.4 is 10.1 Å². The molecule has 5 nitrogen and oxygen atoms in total. The first-order chi connectivity index (χ1) is 11.0. The molecule has 23 heavy (non-hydrogen) atoms. The highest BCUT2D eigenvalue weighted by Crippen LogP contribution is 2.26. The first kappa shape index (κ1) is 16.9. The summed E-state index contributed by atoms with van der Waals surface area (Å²) >= 11 is 1.44. The molecule has 0 radical (unpaired) electrons. The van der Waals surface area contributed by atoms with E-state index in [0.29, 0.717) is 5.69 Å². The van der Waals surface area contributed by atoms with Crippen molar-refractivity contribution in [3.8, 4) is 5.75 Å². The van der Waals surface area contributed by atoms with E-state index in [9.17, 15) is 9.59 Å². The fourth-order valence-corrected chi connectivity index (χ4v) is 2.72. The minimum Gasteiger partial charge on any atom is -0.497 e. The van der Waals surface area contributed by atoms with Crippen molar-refractivity contribution in [2.45, 2.75) is 17.1 Å². The van der Waals surface area contributed by atoms with Gasteiger partial charge in [0, 0.05) is 10.6 Å². The van der Waals surface area contributed by atoms with Crippen molar-refractivity contribution in [1.29, 1.82) is 0 Å². The molecule has 0 aromatic heterocycles. The predicted molar refractivity (Wildman–Crippen MR) is 90.3 cm³/mol. The summed E-state index contributed by atoms with van der Waals surface area (Å²) in [4.78, 5) is 23.9. The largest absolute Gasteiger partial charge is 0.497 e. The standard InChI is InChI=1S/C17H17NO4S/c1-11(23-15-9-7-14(22-2)8-10-15)16(19)18-13-5-3-12(4-6-13)17(20)21/h3-11H,1-2H3,(H,18,19)(H,20,21). The molecule has 0 spiro atoms.